The highest BCUT2D eigenvalue weighted by atomic mass is 16.6. The summed E-state index contributed by atoms with van der Waals surface area (Å²) in [5.74, 6) is -1.22. The molecule has 32 heavy (non-hydrogen) atoms. The number of hydrogen-bond donors (Lipinski definition) is 2. The fourth-order valence-electron chi connectivity index (χ4n) is 3.40. The van der Waals surface area contributed by atoms with E-state index in [-0.39, 0.29) is 24.8 Å². The molecule has 2 aliphatic heterocycles. The lowest BCUT2D eigenvalue weighted by atomic mass is 10.1. The highest BCUT2D eigenvalue weighted by Crippen LogP contribution is 2.20. The maximum atomic E-state index is 12.9. The van der Waals surface area contributed by atoms with Crippen molar-refractivity contribution >= 4 is 29.5 Å². The molecule has 0 aliphatic carbocycles. The highest BCUT2D eigenvalue weighted by Gasteiger charge is 2.31. The maximum absolute atomic E-state index is 12.9. The van der Waals surface area contributed by atoms with Crippen LogP contribution in [-0.2, 0) is 14.3 Å². The molecule has 10 nitrogen and oxygen atoms in total. The van der Waals surface area contributed by atoms with Gasteiger partial charge in [-0.25, -0.2) is 4.79 Å². The number of aliphatic hydroxyl groups is 1. The van der Waals surface area contributed by atoms with E-state index < -0.39 is 23.5 Å². The van der Waals surface area contributed by atoms with Crippen molar-refractivity contribution in [1.29, 1.82) is 0 Å². The lowest BCUT2D eigenvalue weighted by molar-refractivity contribution is -0.137. The number of aliphatic hydroxyl groups excluding tert-OH is 1. The molecule has 3 rings (SSSR count). The number of nitrogens with one attached hydrogen (secondary N) is 1. The topological polar surface area (TPSA) is 119 Å². The summed E-state index contributed by atoms with van der Waals surface area (Å²) in [5.41, 5.74) is 0.415. The van der Waals surface area contributed by atoms with Gasteiger partial charge < -0.3 is 25.0 Å². The van der Waals surface area contributed by atoms with Gasteiger partial charge in [0.15, 0.2) is 0 Å². The Hall–Kier alpha value is -3.40. The van der Waals surface area contributed by atoms with E-state index in [1.54, 1.807) is 54.8 Å². The summed E-state index contributed by atoms with van der Waals surface area (Å²) in [6.07, 6.45) is 0.776. The minimum atomic E-state index is -0.576. The number of carbonyl (C=O) groups is 4. The summed E-state index contributed by atoms with van der Waals surface area (Å²) in [4.78, 5) is 53.5. The van der Waals surface area contributed by atoms with E-state index in [1.165, 1.54) is 6.08 Å². The Morgan fingerprint density at radius 3 is 2.38 bits per heavy atom. The van der Waals surface area contributed by atoms with E-state index >= 15 is 0 Å². The number of nitrogens with zero attached hydrogens (tertiary/aromatic N) is 3. The lowest BCUT2D eigenvalue weighted by Gasteiger charge is -2.35. The zero-order chi connectivity index (χ0) is 23.5. The zero-order valence-corrected chi connectivity index (χ0v) is 18.5. The number of carbonyl (C=O) groups excluding carboxylic acids is 4. The highest BCUT2D eigenvalue weighted by molar-refractivity contribution is 6.17. The van der Waals surface area contributed by atoms with Gasteiger partial charge >= 0.3 is 6.09 Å². The third kappa shape index (κ3) is 5.44. The maximum Gasteiger partial charge on any atom is 0.410 e. The Labute approximate surface area is 186 Å². The normalized spacial score (nSPS) is 16.9. The molecule has 1 fully saturated rings. The Kier molecular flexibility index (Phi) is 6.83. The molecule has 0 bridgehead atoms. The number of amides is 4. The molecule has 1 aromatic rings. The number of β-amino-alcohol motifs (C(OH)–C–C–N with tert-alkyl or cyclic N) is 1. The first-order chi connectivity index (χ1) is 15.1. The van der Waals surface area contributed by atoms with Crippen LogP contribution in [0.5, 0.6) is 0 Å². The number of imide groups is 1. The molecule has 1 saturated heterocycles. The molecule has 0 saturated carbocycles. The third-order valence-corrected chi connectivity index (χ3v) is 4.94. The van der Waals surface area contributed by atoms with Gasteiger partial charge in [-0.3, -0.25) is 19.3 Å². The van der Waals surface area contributed by atoms with Crippen molar-refractivity contribution in [3.05, 3.63) is 41.6 Å². The predicted octanol–water partition coefficient (Wildman–Crippen LogP) is 1.04. The van der Waals surface area contributed by atoms with Gasteiger partial charge in [0.05, 0.1) is 13.2 Å². The molecule has 172 valence electrons. The van der Waals surface area contributed by atoms with E-state index in [4.69, 9.17) is 9.84 Å². The largest absolute Gasteiger partial charge is 0.444 e. The standard InChI is InChI=1S/C22H28N4O6/c1-22(2,3)32-21(31)25-9-7-24(8-10-25)19(29)15-5-4-6-16(13-15)23-17-14-18(28)26(11-12-27)20(17)30/h4-6,13-14,23,27H,7-12H2,1-3H3. The molecule has 0 unspecified atom stereocenters. The molecule has 2 N–H and O–H groups in total. The Morgan fingerprint density at radius 1 is 1.09 bits per heavy atom. The Morgan fingerprint density at radius 2 is 1.75 bits per heavy atom. The second-order valence-electron chi connectivity index (χ2n) is 8.54. The molecule has 0 spiro atoms. The van der Waals surface area contributed by atoms with Gasteiger partial charge in [0.1, 0.15) is 11.3 Å². The van der Waals surface area contributed by atoms with Crippen molar-refractivity contribution < 1.29 is 29.0 Å². The van der Waals surface area contributed by atoms with Gasteiger partial charge in [0.2, 0.25) is 0 Å². The SMILES string of the molecule is CC(C)(C)OC(=O)N1CCN(C(=O)c2cccc(NC3=CC(=O)N(CCO)C3=O)c2)CC1. The zero-order valence-electron chi connectivity index (χ0n) is 18.5. The summed E-state index contributed by atoms with van der Waals surface area (Å²) >= 11 is 0. The average Bonchev–Trinajstić information content (AvgIpc) is 3.00. The minimum absolute atomic E-state index is 0.0762. The fourth-order valence-corrected chi connectivity index (χ4v) is 3.40. The number of anilines is 1. The molecular formula is C22H28N4O6. The number of benzene rings is 1. The quantitative estimate of drug-likeness (QED) is 0.651. The molecule has 2 aliphatic rings. The molecule has 4 amide bonds. The van der Waals surface area contributed by atoms with Crippen molar-refractivity contribution in [3.8, 4) is 0 Å². The van der Waals surface area contributed by atoms with E-state index in [1.807, 2.05) is 0 Å². The van der Waals surface area contributed by atoms with Crippen LogP contribution in [0.15, 0.2) is 36.0 Å². The summed E-state index contributed by atoms with van der Waals surface area (Å²) in [7, 11) is 0. The number of ether oxygens (including phenoxy) is 1. The monoisotopic (exact) mass is 444 g/mol. The van der Waals surface area contributed by atoms with Crippen LogP contribution >= 0.6 is 0 Å². The van der Waals surface area contributed by atoms with Gasteiger partial charge in [0, 0.05) is 43.5 Å². The van der Waals surface area contributed by atoms with Gasteiger partial charge in [-0.1, -0.05) is 6.07 Å². The molecule has 0 atom stereocenters. The fraction of sp³-hybridized carbons (Fsp3) is 0.455. The lowest BCUT2D eigenvalue weighted by Crippen LogP contribution is -2.51. The molecule has 0 radical (unpaired) electrons. The Balaban J connectivity index is 1.61. The summed E-state index contributed by atoms with van der Waals surface area (Å²) in [5, 5.41) is 11.9. The van der Waals surface area contributed by atoms with E-state index in [9.17, 15) is 19.2 Å². The predicted molar refractivity (Wildman–Crippen MR) is 116 cm³/mol. The van der Waals surface area contributed by atoms with Crippen molar-refractivity contribution in [2.45, 2.75) is 26.4 Å². The van der Waals surface area contributed by atoms with Crippen LogP contribution in [-0.4, -0.2) is 88.6 Å². The molecule has 0 aromatic heterocycles. The van der Waals surface area contributed by atoms with E-state index in [0.717, 1.165) is 4.90 Å². The molecule has 10 heteroatoms. The van der Waals surface area contributed by atoms with Crippen LogP contribution in [0.3, 0.4) is 0 Å². The number of hydrogen-bond acceptors (Lipinski definition) is 7. The average molecular weight is 444 g/mol. The first-order valence-corrected chi connectivity index (χ1v) is 10.4. The molecular weight excluding hydrogens is 416 g/mol. The smallest absolute Gasteiger partial charge is 0.410 e. The number of rotatable bonds is 5. The third-order valence-electron chi connectivity index (χ3n) is 4.94. The van der Waals surface area contributed by atoms with Gasteiger partial charge in [0.25, 0.3) is 17.7 Å². The van der Waals surface area contributed by atoms with Crippen molar-refractivity contribution in [2.24, 2.45) is 0 Å². The summed E-state index contributed by atoms with van der Waals surface area (Å²) in [6, 6.07) is 6.64. The van der Waals surface area contributed by atoms with Crippen LogP contribution in [0.2, 0.25) is 0 Å². The van der Waals surface area contributed by atoms with Crippen LogP contribution in [0.25, 0.3) is 0 Å². The van der Waals surface area contributed by atoms with Gasteiger partial charge in [-0.2, -0.15) is 0 Å². The summed E-state index contributed by atoms with van der Waals surface area (Å²) in [6.45, 7) is 6.54. The van der Waals surface area contributed by atoms with Crippen LogP contribution in [0.4, 0.5) is 10.5 Å². The van der Waals surface area contributed by atoms with Crippen molar-refractivity contribution in [3.63, 3.8) is 0 Å². The van der Waals surface area contributed by atoms with Crippen LogP contribution < -0.4 is 5.32 Å². The molecule has 1 aromatic carbocycles. The Bertz CT molecular complexity index is 944. The second kappa shape index (κ2) is 9.39. The van der Waals surface area contributed by atoms with Gasteiger partial charge in [-0.05, 0) is 39.0 Å². The van der Waals surface area contributed by atoms with E-state index in [2.05, 4.69) is 5.32 Å². The van der Waals surface area contributed by atoms with Gasteiger partial charge in [-0.15, -0.1) is 0 Å². The summed E-state index contributed by atoms with van der Waals surface area (Å²) < 4.78 is 5.38. The number of piperazine rings is 1. The van der Waals surface area contributed by atoms with E-state index in [0.29, 0.717) is 37.4 Å². The van der Waals surface area contributed by atoms with Crippen molar-refractivity contribution in [2.75, 3.05) is 44.6 Å². The first kappa shape index (κ1) is 23.3. The minimum Gasteiger partial charge on any atom is -0.444 e. The first-order valence-electron chi connectivity index (χ1n) is 10.4. The second-order valence-corrected chi connectivity index (χ2v) is 8.54. The van der Waals surface area contributed by atoms with Crippen molar-refractivity contribution in [1.82, 2.24) is 14.7 Å². The van der Waals surface area contributed by atoms with Crippen LogP contribution in [0, 0.1) is 0 Å². The van der Waals surface area contributed by atoms with Crippen LogP contribution in [0.1, 0.15) is 31.1 Å². The molecule has 2 heterocycles.